The van der Waals surface area contributed by atoms with Gasteiger partial charge < -0.3 is 14.5 Å². The molecule has 124 valence electrons. The number of ether oxygens (including phenoxy) is 1. The molecule has 1 N–H and O–H groups in total. The van der Waals surface area contributed by atoms with Gasteiger partial charge in [-0.1, -0.05) is 36.4 Å². The first kappa shape index (κ1) is 16.1. The quantitative estimate of drug-likeness (QED) is 0.653. The van der Waals surface area contributed by atoms with Crippen molar-refractivity contribution in [3.8, 4) is 5.75 Å². The highest BCUT2D eigenvalue weighted by Gasteiger charge is 2.13. The standard InChI is InChI=1S/C20H21NO3/c1-15(19-14-16-8-5-6-11-18(16)24-19)21-20(22)12-7-13-23-17-9-3-2-4-10-17/h2-6,8-11,14-15H,7,12-13H2,1H3,(H,21,22)/t15-/m0/s1. The SMILES string of the molecule is C[C@H](NC(=O)CCCOc1ccccc1)c1cc2ccccc2o1. The Kier molecular flexibility index (Phi) is 5.16. The zero-order chi connectivity index (χ0) is 16.8. The third-order valence-corrected chi connectivity index (χ3v) is 3.81. The first-order valence-corrected chi connectivity index (χ1v) is 8.18. The van der Waals surface area contributed by atoms with Gasteiger partial charge in [0.15, 0.2) is 0 Å². The van der Waals surface area contributed by atoms with Crippen LogP contribution >= 0.6 is 0 Å². The van der Waals surface area contributed by atoms with Gasteiger partial charge in [0.05, 0.1) is 12.6 Å². The molecule has 0 bridgehead atoms. The molecule has 4 heteroatoms. The molecule has 4 nitrogen and oxygen atoms in total. The Morgan fingerprint density at radius 2 is 1.88 bits per heavy atom. The van der Waals surface area contributed by atoms with Gasteiger partial charge in [-0.2, -0.15) is 0 Å². The van der Waals surface area contributed by atoms with Crippen LogP contribution in [0, 0.1) is 0 Å². The van der Waals surface area contributed by atoms with Gasteiger partial charge in [-0.05, 0) is 37.6 Å². The van der Waals surface area contributed by atoms with Crippen molar-refractivity contribution in [3.05, 3.63) is 66.4 Å². The van der Waals surface area contributed by atoms with Gasteiger partial charge in [0, 0.05) is 11.8 Å². The van der Waals surface area contributed by atoms with E-state index in [1.54, 1.807) is 0 Å². The Bertz CT molecular complexity index is 762. The maximum atomic E-state index is 12.0. The van der Waals surface area contributed by atoms with Crippen LogP contribution in [-0.2, 0) is 4.79 Å². The molecule has 0 fully saturated rings. The molecule has 24 heavy (non-hydrogen) atoms. The van der Waals surface area contributed by atoms with Crippen LogP contribution in [0.1, 0.15) is 31.6 Å². The molecule has 2 aromatic carbocycles. The average molecular weight is 323 g/mol. The molecule has 0 aliphatic carbocycles. The van der Waals surface area contributed by atoms with E-state index < -0.39 is 0 Å². The Labute approximate surface area is 141 Å². The monoisotopic (exact) mass is 323 g/mol. The summed E-state index contributed by atoms with van der Waals surface area (Å²) < 4.78 is 11.4. The fraction of sp³-hybridized carbons (Fsp3) is 0.250. The number of benzene rings is 2. The van der Waals surface area contributed by atoms with E-state index in [0.717, 1.165) is 22.5 Å². The summed E-state index contributed by atoms with van der Waals surface area (Å²) in [4.78, 5) is 12.0. The lowest BCUT2D eigenvalue weighted by Crippen LogP contribution is -2.26. The summed E-state index contributed by atoms with van der Waals surface area (Å²) in [6.07, 6.45) is 1.10. The van der Waals surface area contributed by atoms with Gasteiger partial charge in [-0.25, -0.2) is 0 Å². The van der Waals surface area contributed by atoms with Crippen molar-refractivity contribution in [1.29, 1.82) is 0 Å². The third kappa shape index (κ3) is 4.16. The number of fused-ring (bicyclic) bond motifs is 1. The van der Waals surface area contributed by atoms with Crippen LogP contribution in [0.3, 0.4) is 0 Å². The molecule has 0 unspecified atom stereocenters. The molecule has 1 heterocycles. The lowest BCUT2D eigenvalue weighted by molar-refractivity contribution is -0.122. The number of hydrogen-bond acceptors (Lipinski definition) is 3. The second kappa shape index (κ2) is 7.68. The molecule has 0 saturated carbocycles. The molecule has 1 atom stereocenters. The van der Waals surface area contributed by atoms with Crippen LogP contribution in [0.25, 0.3) is 11.0 Å². The number of nitrogens with one attached hydrogen (secondary N) is 1. The van der Waals surface area contributed by atoms with Gasteiger partial charge in [0.25, 0.3) is 0 Å². The average Bonchev–Trinajstić information content (AvgIpc) is 3.04. The van der Waals surface area contributed by atoms with Crippen LogP contribution in [0.15, 0.2) is 65.1 Å². The number of carbonyl (C=O) groups is 1. The normalized spacial score (nSPS) is 12.0. The van der Waals surface area contributed by atoms with Crippen LogP contribution in [0.5, 0.6) is 5.75 Å². The number of carbonyl (C=O) groups excluding carboxylic acids is 1. The highest BCUT2D eigenvalue weighted by Crippen LogP contribution is 2.23. The van der Waals surface area contributed by atoms with E-state index in [1.165, 1.54) is 0 Å². The van der Waals surface area contributed by atoms with E-state index in [-0.39, 0.29) is 11.9 Å². The molecular formula is C20H21NO3. The number of rotatable bonds is 7. The minimum atomic E-state index is -0.153. The van der Waals surface area contributed by atoms with Crippen molar-refractivity contribution in [2.24, 2.45) is 0 Å². The number of furan rings is 1. The summed E-state index contributed by atoms with van der Waals surface area (Å²) in [5, 5.41) is 4.01. The summed E-state index contributed by atoms with van der Waals surface area (Å²) in [5.74, 6) is 1.60. The molecule has 0 saturated heterocycles. The van der Waals surface area contributed by atoms with Gasteiger partial charge in [-0.15, -0.1) is 0 Å². The fourth-order valence-electron chi connectivity index (χ4n) is 2.54. The number of para-hydroxylation sites is 2. The minimum absolute atomic E-state index is 0.000354. The lowest BCUT2D eigenvalue weighted by atomic mass is 10.2. The smallest absolute Gasteiger partial charge is 0.220 e. The van der Waals surface area contributed by atoms with E-state index in [4.69, 9.17) is 9.15 Å². The molecule has 0 spiro atoms. The molecule has 3 aromatic rings. The lowest BCUT2D eigenvalue weighted by Gasteiger charge is -2.11. The maximum Gasteiger partial charge on any atom is 0.220 e. The fourth-order valence-corrected chi connectivity index (χ4v) is 2.54. The van der Waals surface area contributed by atoms with Crippen LogP contribution in [0.4, 0.5) is 0 Å². The van der Waals surface area contributed by atoms with Gasteiger partial charge in [-0.3, -0.25) is 4.79 Å². The van der Waals surface area contributed by atoms with Crippen molar-refractivity contribution >= 4 is 16.9 Å². The van der Waals surface area contributed by atoms with Crippen molar-refractivity contribution in [3.63, 3.8) is 0 Å². The van der Waals surface area contributed by atoms with E-state index in [0.29, 0.717) is 19.4 Å². The Balaban J connectivity index is 1.44. The topological polar surface area (TPSA) is 51.5 Å². The number of hydrogen-bond donors (Lipinski definition) is 1. The second-order valence-electron chi connectivity index (χ2n) is 5.74. The van der Waals surface area contributed by atoms with Crippen molar-refractivity contribution < 1.29 is 13.9 Å². The van der Waals surface area contributed by atoms with E-state index in [2.05, 4.69) is 5.32 Å². The summed E-state index contributed by atoms with van der Waals surface area (Å²) in [7, 11) is 0. The van der Waals surface area contributed by atoms with E-state index in [9.17, 15) is 4.79 Å². The zero-order valence-electron chi connectivity index (χ0n) is 13.7. The van der Waals surface area contributed by atoms with Gasteiger partial charge in [0.1, 0.15) is 17.1 Å². The summed E-state index contributed by atoms with van der Waals surface area (Å²) in [5.41, 5.74) is 0.838. The third-order valence-electron chi connectivity index (χ3n) is 3.81. The predicted octanol–water partition coefficient (Wildman–Crippen LogP) is 4.47. The Hall–Kier alpha value is -2.75. The van der Waals surface area contributed by atoms with Crippen LogP contribution in [-0.4, -0.2) is 12.5 Å². The largest absolute Gasteiger partial charge is 0.494 e. The first-order chi connectivity index (χ1) is 11.7. The Morgan fingerprint density at radius 3 is 2.67 bits per heavy atom. The first-order valence-electron chi connectivity index (χ1n) is 8.18. The van der Waals surface area contributed by atoms with E-state index >= 15 is 0 Å². The molecule has 0 radical (unpaired) electrons. The number of amides is 1. The minimum Gasteiger partial charge on any atom is -0.494 e. The molecule has 0 aliphatic rings. The molecule has 0 aliphatic heterocycles. The molecule has 1 amide bonds. The van der Waals surface area contributed by atoms with Crippen LogP contribution in [0.2, 0.25) is 0 Å². The molecule has 1 aromatic heterocycles. The van der Waals surface area contributed by atoms with Gasteiger partial charge >= 0.3 is 0 Å². The molecular weight excluding hydrogens is 302 g/mol. The van der Waals surface area contributed by atoms with Crippen molar-refractivity contribution in [2.75, 3.05) is 6.61 Å². The van der Waals surface area contributed by atoms with Crippen molar-refractivity contribution in [2.45, 2.75) is 25.8 Å². The summed E-state index contributed by atoms with van der Waals surface area (Å²) in [6.45, 7) is 2.45. The summed E-state index contributed by atoms with van der Waals surface area (Å²) >= 11 is 0. The zero-order valence-corrected chi connectivity index (χ0v) is 13.7. The highest BCUT2D eigenvalue weighted by atomic mass is 16.5. The summed E-state index contributed by atoms with van der Waals surface area (Å²) in [6, 6.07) is 19.3. The molecule has 3 rings (SSSR count). The maximum absolute atomic E-state index is 12.0. The second-order valence-corrected chi connectivity index (χ2v) is 5.74. The highest BCUT2D eigenvalue weighted by molar-refractivity contribution is 5.79. The van der Waals surface area contributed by atoms with E-state index in [1.807, 2.05) is 67.6 Å². The van der Waals surface area contributed by atoms with Crippen LogP contribution < -0.4 is 10.1 Å². The predicted molar refractivity (Wildman–Crippen MR) is 93.9 cm³/mol. The Morgan fingerprint density at radius 1 is 1.12 bits per heavy atom. The van der Waals surface area contributed by atoms with Crippen molar-refractivity contribution in [1.82, 2.24) is 5.32 Å². The van der Waals surface area contributed by atoms with Gasteiger partial charge in [0.2, 0.25) is 5.91 Å².